The molecule has 1 N–H and O–H groups in total. The first-order valence-electron chi connectivity index (χ1n) is 11.7. The van der Waals surface area contributed by atoms with Crippen LogP contribution < -0.4 is 4.90 Å². The molecule has 1 aromatic heterocycles. The summed E-state index contributed by atoms with van der Waals surface area (Å²) in [6.07, 6.45) is 1.40. The molecular formula is C32H22N2O2S. The molecule has 0 aliphatic rings. The van der Waals surface area contributed by atoms with Gasteiger partial charge in [0.1, 0.15) is 11.6 Å². The lowest BCUT2D eigenvalue weighted by atomic mass is 10.0. The Labute approximate surface area is 219 Å². The number of carboxylic acid groups (broad SMARTS) is 1. The third kappa shape index (κ3) is 5.35. The van der Waals surface area contributed by atoms with Gasteiger partial charge < -0.3 is 10.0 Å². The number of hydrogen-bond donors (Lipinski definition) is 1. The van der Waals surface area contributed by atoms with Crippen molar-refractivity contribution in [2.24, 2.45) is 0 Å². The smallest absolute Gasteiger partial charge is 0.346 e. The minimum Gasteiger partial charge on any atom is -0.477 e. The molecule has 5 heteroatoms. The zero-order valence-electron chi connectivity index (χ0n) is 19.8. The molecule has 0 fully saturated rings. The molecule has 0 spiro atoms. The fourth-order valence-electron chi connectivity index (χ4n) is 4.10. The summed E-state index contributed by atoms with van der Waals surface area (Å²) in [6, 6.07) is 43.0. The van der Waals surface area contributed by atoms with Crippen molar-refractivity contribution in [3.8, 4) is 27.6 Å². The lowest BCUT2D eigenvalue weighted by molar-refractivity contribution is -0.132. The number of benzene rings is 4. The number of thiophene rings is 1. The quantitative estimate of drug-likeness (QED) is 0.180. The van der Waals surface area contributed by atoms with E-state index in [1.807, 2.05) is 48.5 Å². The van der Waals surface area contributed by atoms with Gasteiger partial charge in [0, 0.05) is 26.8 Å². The second-order valence-electron chi connectivity index (χ2n) is 8.31. The Morgan fingerprint density at radius 1 is 0.676 bits per heavy atom. The molecule has 178 valence electrons. The summed E-state index contributed by atoms with van der Waals surface area (Å²) < 4.78 is 0. The van der Waals surface area contributed by atoms with Crippen LogP contribution in [0.15, 0.2) is 127 Å². The maximum absolute atomic E-state index is 11.1. The highest BCUT2D eigenvalue weighted by molar-refractivity contribution is 7.16. The molecule has 0 aliphatic heterocycles. The molecule has 0 bridgehead atoms. The van der Waals surface area contributed by atoms with Crippen molar-refractivity contribution < 1.29 is 9.90 Å². The van der Waals surface area contributed by atoms with E-state index in [1.165, 1.54) is 17.4 Å². The van der Waals surface area contributed by atoms with Gasteiger partial charge in [-0.1, -0.05) is 72.8 Å². The van der Waals surface area contributed by atoms with Gasteiger partial charge in [0.25, 0.3) is 0 Å². The highest BCUT2D eigenvalue weighted by Gasteiger charge is 2.12. The Hall–Kier alpha value is -4.92. The highest BCUT2D eigenvalue weighted by Crippen LogP contribution is 2.36. The first-order chi connectivity index (χ1) is 18.1. The molecule has 4 aromatic carbocycles. The van der Waals surface area contributed by atoms with Crippen molar-refractivity contribution >= 4 is 40.4 Å². The molecule has 37 heavy (non-hydrogen) atoms. The number of nitrogens with zero attached hydrogens (tertiary/aromatic N) is 2. The molecule has 5 rings (SSSR count). The van der Waals surface area contributed by atoms with E-state index >= 15 is 0 Å². The van der Waals surface area contributed by atoms with Crippen LogP contribution in [-0.4, -0.2) is 11.1 Å². The van der Waals surface area contributed by atoms with E-state index in [4.69, 9.17) is 10.4 Å². The maximum Gasteiger partial charge on any atom is 0.346 e. The number of para-hydroxylation sites is 2. The van der Waals surface area contributed by atoms with Crippen LogP contribution in [-0.2, 0) is 4.79 Å². The fraction of sp³-hybridized carbons (Fsp3) is 0. The minimum absolute atomic E-state index is 0.273. The Morgan fingerprint density at radius 2 is 1.16 bits per heavy atom. The second-order valence-corrected chi connectivity index (χ2v) is 9.42. The van der Waals surface area contributed by atoms with E-state index in [0.29, 0.717) is 0 Å². The van der Waals surface area contributed by atoms with Crippen molar-refractivity contribution in [3.05, 3.63) is 132 Å². The molecule has 5 aromatic rings. The van der Waals surface area contributed by atoms with Crippen molar-refractivity contribution in [2.45, 2.75) is 0 Å². The molecule has 0 radical (unpaired) electrons. The number of carbonyl (C=O) groups is 1. The molecule has 0 unspecified atom stereocenters. The normalized spacial score (nSPS) is 11.1. The molecule has 1 heterocycles. The van der Waals surface area contributed by atoms with Gasteiger partial charge in [-0.25, -0.2) is 4.79 Å². The van der Waals surface area contributed by atoms with E-state index < -0.39 is 5.97 Å². The Bertz CT molecular complexity index is 1540. The highest BCUT2D eigenvalue weighted by atomic mass is 32.1. The zero-order valence-corrected chi connectivity index (χ0v) is 20.6. The standard InChI is InChI=1S/C32H22N2O2S/c33-22-26(32(35)36)21-30-19-20-31(37-30)25-13-11-23(12-14-25)24-15-17-29(18-16-24)34(27-7-3-1-4-8-27)28-9-5-2-6-10-28/h1-21H,(H,35,36). The zero-order chi connectivity index (χ0) is 25.6. The van der Waals surface area contributed by atoms with Crippen LogP contribution in [0.2, 0.25) is 0 Å². The van der Waals surface area contributed by atoms with E-state index in [2.05, 4.69) is 77.7 Å². The van der Waals surface area contributed by atoms with Gasteiger partial charge in [0.15, 0.2) is 0 Å². The molecule has 0 aliphatic carbocycles. The summed E-state index contributed by atoms with van der Waals surface area (Å²) in [4.78, 5) is 15.1. The SMILES string of the molecule is N#CC(=Cc1ccc(-c2ccc(-c3ccc(N(c4ccccc4)c4ccccc4)cc3)cc2)s1)C(=O)O. The average Bonchev–Trinajstić information content (AvgIpc) is 3.42. The lowest BCUT2D eigenvalue weighted by Crippen LogP contribution is -2.09. The van der Waals surface area contributed by atoms with Gasteiger partial charge in [-0.3, -0.25) is 0 Å². The van der Waals surface area contributed by atoms with Crippen LogP contribution in [0.25, 0.3) is 27.6 Å². The van der Waals surface area contributed by atoms with Crippen LogP contribution in [0, 0.1) is 11.3 Å². The van der Waals surface area contributed by atoms with Crippen LogP contribution in [0.4, 0.5) is 17.1 Å². The summed E-state index contributed by atoms with van der Waals surface area (Å²) in [5, 5.41) is 18.1. The topological polar surface area (TPSA) is 64.3 Å². The van der Waals surface area contributed by atoms with Crippen molar-refractivity contribution in [1.82, 2.24) is 0 Å². The monoisotopic (exact) mass is 498 g/mol. The van der Waals surface area contributed by atoms with Crippen molar-refractivity contribution in [1.29, 1.82) is 5.26 Å². The minimum atomic E-state index is -1.22. The first-order valence-corrected chi connectivity index (χ1v) is 12.5. The third-order valence-electron chi connectivity index (χ3n) is 5.92. The Kier molecular flexibility index (Phi) is 6.93. The number of hydrogen-bond acceptors (Lipinski definition) is 4. The number of nitriles is 1. The largest absolute Gasteiger partial charge is 0.477 e. The van der Waals surface area contributed by atoms with Crippen LogP contribution in [0.3, 0.4) is 0 Å². The summed E-state index contributed by atoms with van der Waals surface area (Å²) in [5.74, 6) is -1.22. The van der Waals surface area contributed by atoms with Crippen molar-refractivity contribution in [3.63, 3.8) is 0 Å². The molecule has 0 saturated heterocycles. The van der Waals surface area contributed by atoms with E-state index in [9.17, 15) is 4.79 Å². The van der Waals surface area contributed by atoms with Gasteiger partial charge in [0.05, 0.1) is 0 Å². The fourth-order valence-corrected chi connectivity index (χ4v) is 5.06. The van der Waals surface area contributed by atoms with Crippen LogP contribution in [0.5, 0.6) is 0 Å². The molecule has 0 saturated carbocycles. The van der Waals surface area contributed by atoms with Crippen molar-refractivity contribution in [2.75, 3.05) is 4.90 Å². The predicted octanol–water partition coefficient (Wildman–Crippen LogP) is 8.54. The summed E-state index contributed by atoms with van der Waals surface area (Å²) >= 11 is 1.45. The van der Waals surface area contributed by atoms with Gasteiger partial charge >= 0.3 is 5.97 Å². The number of rotatable bonds is 7. The van der Waals surface area contributed by atoms with E-state index in [0.717, 1.165) is 43.5 Å². The van der Waals surface area contributed by atoms with E-state index in [1.54, 1.807) is 6.07 Å². The Balaban J connectivity index is 1.39. The van der Waals surface area contributed by atoms with E-state index in [-0.39, 0.29) is 5.57 Å². The third-order valence-corrected chi connectivity index (χ3v) is 7.00. The molecular weight excluding hydrogens is 476 g/mol. The van der Waals surface area contributed by atoms with Gasteiger partial charge in [-0.15, -0.1) is 11.3 Å². The van der Waals surface area contributed by atoms with Gasteiger partial charge in [-0.05, 0) is 71.3 Å². The first kappa shape index (κ1) is 23.8. The molecule has 4 nitrogen and oxygen atoms in total. The van der Waals surface area contributed by atoms with Gasteiger partial charge in [-0.2, -0.15) is 5.26 Å². The van der Waals surface area contributed by atoms with Crippen LogP contribution in [0.1, 0.15) is 4.88 Å². The summed E-state index contributed by atoms with van der Waals surface area (Å²) in [6.45, 7) is 0. The summed E-state index contributed by atoms with van der Waals surface area (Å²) in [5.41, 5.74) is 6.27. The van der Waals surface area contributed by atoms with Gasteiger partial charge in [0.2, 0.25) is 0 Å². The number of aliphatic carboxylic acids is 1. The molecule has 0 atom stereocenters. The summed E-state index contributed by atoms with van der Waals surface area (Å²) in [7, 11) is 0. The molecule has 0 amide bonds. The average molecular weight is 499 g/mol. The maximum atomic E-state index is 11.1. The number of carboxylic acids is 1. The second kappa shape index (κ2) is 10.8. The van der Waals surface area contributed by atoms with Crippen LogP contribution >= 0.6 is 11.3 Å². The lowest BCUT2D eigenvalue weighted by Gasteiger charge is -2.25. The number of anilines is 3. The Morgan fingerprint density at radius 3 is 1.68 bits per heavy atom. The predicted molar refractivity (Wildman–Crippen MR) is 151 cm³/mol.